The molecule has 0 atom stereocenters. The van der Waals surface area contributed by atoms with Gasteiger partial charge in [-0.1, -0.05) is 12.1 Å². The molecule has 3 nitrogen and oxygen atoms in total. The zero-order chi connectivity index (χ0) is 14.0. The standard InChI is InChI=1S/C14H11F2NO2/c1-8-3-2-4-10(13(8)16)14(19)17-12-6-5-9(18)7-11(12)15/h2-7,18H,1H3,(H,17,19). The van der Waals surface area contributed by atoms with Crippen molar-refractivity contribution in [3.8, 4) is 5.75 Å². The van der Waals surface area contributed by atoms with Crippen LogP contribution in [-0.4, -0.2) is 11.0 Å². The van der Waals surface area contributed by atoms with Gasteiger partial charge in [0.05, 0.1) is 11.3 Å². The summed E-state index contributed by atoms with van der Waals surface area (Å²) in [6, 6.07) is 7.69. The molecule has 0 radical (unpaired) electrons. The number of halogens is 2. The molecular formula is C14H11F2NO2. The first-order valence-electron chi connectivity index (χ1n) is 5.54. The predicted octanol–water partition coefficient (Wildman–Crippen LogP) is 3.23. The number of anilines is 1. The third-order valence-electron chi connectivity index (χ3n) is 2.64. The number of benzene rings is 2. The Kier molecular flexibility index (Phi) is 3.46. The van der Waals surface area contributed by atoms with Crippen molar-refractivity contribution in [2.24, 2.45) is 0 Å². The number of aryl methyl sites for hydroxylation is 1. The Bertz CT molecular complexity index is 641. The normalized spacial score (nSPS) is 10.3. The molecule has 0 aliphatic heterocycles. The molecule has 2 aromatic rings. The monoisotopic (exact) mass is 263 g/mol. The van der Waals surface area contributed by atoms with E-state index in [1.807, 2.05) is 0 Å². The lowest BCUT2D eigenvalue weighted by atomic mass is 10.1. The van der Waals surface area contributed by atoms with Crippen LogP contribution in [0, 0.1) is 18.6 Å². The van der Waals surface area contributed by atoms with E-state index in [9.17, 15) is 13.6 Å². The van der Waals surface area contributed by atoms with E-state index in [2.05, 4.69) is 5.32 Å². The van der Waals surface area contributed by atoms with Crippen LogP contribution in [0.1, 0.15) is 15.9 Å². The average molecular weight is 263 g/mol. The van der Waals surface area contributed by atoms with Crippen molar-refractivity contribution < 1.29 is 18.7 Å². The van der Waals surface area contributed by atoms with Crippen LogP contribution < -0.4 is 5.32 Å². The smallest absolute Gasteiger partial charge is 0.258 e. The van der Waals surface area contributed by atoms with Crippen molar-refractivity contribution in [3.05, 3.63) is 59.2 Å². The number of carbonyl (C=O) groups excluding carboxylic acids is 1. The number of phenols is 1. The fourth-order valence-corrected chi connectivity index (χ4v) is 1.62. The lowest BCUT2D eigenvalue weighted by Crippen LogP contribution is -2.15. The second-order valence-electron chi connectivity index (χ2n) is 4.05. The highest BCUT2D eigenvalue weighted by atomic mass is 19.1. The third-order valence-corrected chi connectivity index (χ3v) is 2.64. The summed E-state index contributed by atoms with van der Waals surface area (Å²) in [5.74, 6) is -2.43. The number of carbonyl (C=O) groups is 1. The van der Waals surface area contributed by atoms with Gasteiger partial charge >= 0.3 is 0 Å². The van der Waals surface area contributed by atoms with E-state index >= 15 is 0 Å². The number of aromatic hydroxyl groups is 1. The van der Waals surface area contributed by atoms with Crippen LogP contribution in [0.5, 0.6) is 5.75 Å². The minimum Gasteiger partial charge on any atom is -0.508 e. The quantitative estimate of drug-likeness (QED) is 0.817. The molecule has 0 aromatic heterocycles. The van der Waals surface area contributed by atoms with Crippen LogP contribution in [-0.2, 0) is 0 Å². The van der Waals surface area contributed by atoms with E-state index in [4.69, 9.17) is 5.11 Å². The van der Waals surface area contributed by atoms with Crippen molar-refractivity contribution in [1.29, 1.82) is 0 Å². The molecule has 0 aliphatic rings. The Morgan fingerprint density at radius 1 is 1.21 bits per heavy atom. The van der Waals surface area contributed by atoms with Crippen LogP contribution in [0.2, 0.25) is 0 Å². The highest BCUT2D eigenvalue weighted by molar-refractivity contribution is 6.04. The van der Waals surface area contributed by atoms with E-state index in [0.29, 0.717) is 5.56 Å². The highest BCUT2D eigenvalue weighted by Gasteiger charge is 2.15. The van der Waals surface area contributed by atoms with Gasteiger partial charge in [0.1, 0.15) is 17.4 Å². The molecule has 0 aliphatic carbocycles. The molecule has 19 heavy (non-hydrogen) atoms. The fraction of sp³-hybridized carbons (Fsp3) is 0.0714. The third kappa shape index (κ3) is 2.70. The van der Waals surface area contributed by atoms with Gasteiger partial charge in [-0.2, -0.15) is 0 Å². The van der Waals surface area contributed by atoms with Crippen LogP contribution in [0.4, 0.5) is 14.5 Å². The van der Waals surface area contributed by atoms with E-state index < -0.39 is 17.5 Å². The lowest BCUT2D eigenvalue weighted by molar-refractivity contribution is 0.102. The minimum absolute atomic E-state index is 0.122. The summed E-state index contributed by atoms with van der Waals surface area (Å²) >= 11 is 0. The zero-order valence-corrected chi connectivity index (χ0v) is 10.1. The average Bonchev–Trinajstić information content (AvgIpc) is 2.36. The molecule has 2 N–H and O–H groups in total. The molecular weight excluding hydrogens is 252 g/mol. The first-order valence-corrected chi connectivity index (χ1v) is 5.54. The lowest BCUT2D eigenvalue weighted by Gasteiger charge is -2.08. The van der Waals surface area contributed by atoms with Crippen molar-refractivity contribution in [1.82, 2.24) is 0 Å². The molecule has 5 heteroatoms. The van der Waals surface area contributed by atoms with Crippen molar-refractivity contribution >= 4 is 11.6 Å². The second-order valence-corrected chi connectivity index (χ2v) is 4.05. The summed E-state index contributed by atoms with van der Waals surface area (Å²) in [5.41, 5.74) is 0.0509. The summed E-state index contributed by atoms with van der Waals surface area (Å²) in [4.78, 5) is 11.8. The van der Waals surface area contributed by atoms with Crippen molar-refractivity contribution in [3.63, 3.8) is 0 Å². The van der Waals surface area contributed by atoms with Gasteiger partial charge in [-0.05, 0) is 30.7 Å². The Hall–Kier alpha value is -2.43. The first kappa shape index (κ1) is 13.0. The van der Waals surface area contributed by atoms with E-state index in [0.717, 1.165) is 6.07 Å². The van der Waals surface area contributed by atoms with Crippen LogP contribution in [0.3, 0.4) is 0 Å². The first-order chi connectivity index (χ1) is 8.99. The number of phenolic OH excluding ortho intramolecular Hbond substituents is 1. The Labute approximate surface area is 108 Å². The van der Waals surface area contributed by atoms with Crippen molar-refractivity contribution in [2.75, 3.05) is 5.32 Å². The van der Waals surface area contributed by atoms with Gasteiger partial charge < -0.3 is 10.4 Å². The Balaban J connectivity index is 2.28. The summed E-state index contributed by atoms with van der Waals surface area (Å²) in [5, 5.41) is 11.3. The number of rotatable bonds is 2. The molecule has 2 rings (SSSR count). The van der Waals surface area contributed by atoms with Gasteiger partial charge in [0.25, 0.3) is 5.91 Å². The van der Waals surface area contributed by atoms with Crippen LogP contribution in [0.15, 0.2) is 36.4 Å². The maximum Gasteiger partial charge on any atom is 0.258 e. The highest BCUT2D eigenvalue weighted by Crippen LogP contribution is 2.21. The molecule has 98 valence electrons. The van der Waals surface area contributed by atoms with E-state index in [-0.39, 0.29) is 17.0 Å². The molecule has 0 saturated heterocycles. The van der Waals surface area contributed by atoms with Crippen LogP contribution >= 0.6 is 0 Å². The fourth-order valence-electron chi connectivity index (χ4n) is 1.62. The van der Waals surface area contributed by atoms with Gasteiger partial charge in [-0.3, -0.25) is 4.79 Å². The maximum atomic E-state index is 13.7. The summed E-state index contributed by atoms with van der Waals surface area (Å²) in [6.07, 6.45) is 0. The van der Waals surface area contributed by atoms with Crippen LogP contribution in [0.25, 0.3) is 0 Å². The molecule has 1 amide bonds. The summed E-state index contributed by atoms with van der Waals surface area (Å²) in [6.45, 7) is 1.53. The van der Waals surface area contributed by atoms with Gasteiger partial charge in [-0.25, -0.2) is 8.78 Å². The SMILES string of the molecule is Cc1cccc(C(=O)Nc2ccc(O)cc2F)c1F. The van der Waals surface area contributed by atoms with Gasteiger partial charge in [0.15, 0.2) is 0 Å². The zero-order valence-electron chi connectivity index (χ0n) is 10.1. The Morgan fingerprint density at radius 3 is 2.63 bits per heavy atom. The maximum absolute atomic E-state index is 13.7. The molecule has 0 spiro atoms. The number of nitrogens with one attached hydrogen (secondary N) is 1. The van der Waals surface area contributed by atoms with E-state index in [1.54, 1.807) is 6.07 Å². The van der Waals surface area contributed by atoms with Gasteiger partial charge in [0.2, 0.25) is 0 Å². The topological polar surface area (TPSA) is 49.3 Å². The molecule has 0 unspecified atom stereocenters. The largest absolute Gasteiger partial charge is 0.508 e. The van der Waals surface area contributed by atoms with Gasteiger partial charge in [-0.15, -0.1) is 0 Å². The minimum atomic E-state index is -0.790. The Morgan fingerprint density at radius 2 is 1.95 bits per heavy atom. The molecule has 0 saturated carbocycles. The molecule has 0 fully saturated rings. The van der Waals surface area contributed by atoms with Gasteiger partial charge in [0, 0.05) is 6.07 Å². The molecule has 2 aromatic carbocycles. The second kappa shape index (κ2) is 5.06. The number of hydrogen-bond acceptors (Lipinski definition) is 2. The number of amides is 1. The molecule has 0 bridgehead atoms. The van der Waals surface area contributed by atoms with Crippen molar-refractivity contribution in [2.45, 2.75) is 6.92 Å². The predicted molar refractivity (Wildman–Crippen MR) is 67.2 cm³/mol. The summed E-state index contributed by atoms with van der Waals surface area (Å²) in [7, 11) is 0. The van der Waals surface area contributed by atoms with E-state index in [1.165, 1.54) is 31.2 Å². The number of hydrogen-bond donors (Lipinski definition) is 2. The molecule has 0 heterocycles. The summed E-state index contributed by atoms with van der Waals surface area (Å²) < 4.78 is 27.2.